The molecule has 7 nitrogen and oxygen atoms in total. The molecule has 0 heterocycles. The molecule has 0 saturated carbocycles. The fourth-order valence-electron chi connectivity index (χ4n) is 2.53. The van der Waals surface area contributed by atoms with Crippen LogP contribution >= 0.6 is 0 Å². The minimum atomic E-state index is -3.25. The Bertz CT molecular complexity index is 686. The van der Waals surface area contributed by atoms with Crippen LogP contribution in [-0.2, 0) is 16.6 Å². The van der Waals surface area contributed by atoms with E-state index in [0.717, 1.165) is 16.9 Å². The Balaban J connectivity index is 2.73. The molecule has 2 N–H and O–H groups in total. The van der Waals surface area contributed by atoms with Crippen molar-refractivity contribution in [3.8, 4) is 5.75 Å². The number of guanidine groups is 1. The fourth-order valence-corrected chi connectivity index (χ4v) is 3.94. The molecule has 0 aliphatic carbocycles. The van der Waals surface area contributed by atoms with Crippen LogP contribution in [0.15, 0.2) is 23.2 Å². The van der Waals surface area contributed by atoms with Crippen LogP contribution in [0, 0.1) is 6.92 Å². The number of rotatable bonds is 10. The van der Waals surface area contributed by atoms with Gasteiger partial charge in [-0.2, -0.15) is 0 Å². The molecule has 0 spiro atoms. The van der Waals surface area contributed by atoms with Crippen LogP contribution < -0.4 is 15.4 Å². The Morgan fingerprint density at radius 1 is 1.19 bits per heavy atom. The van der Waals surface area contributed by atoms with Gasteiger partial charge in [0.2, 0.25) is 10.0 Å². The van der Waals surface area contributed by atoms with Gasteiger partial charge >= 0.3 is 0 Å². The normalized spacial score (nSPS) is 12.3. The maximum atomic E-state index is 12.2. The van der Waals surface area contributed by atoms with Crippen molar-refractivity contribution in [2.24, 2.45) is 4.99 Å². The SMILES string of the molecule is CCNC(=NCc1ccc(C)cc1OC)NCCS(=O)(=O)N(CC)CC. The third-order valence-corrected chi connectivity index (χ3v) is 5.97. The van der Waals surface area contributed by atoms with Crippen LogP contribution in [0.4, 0.5) is 0 Å². The Kier molecular flexibility index (Phi) is 9.43. The number of hydrogen-bond donors (Lipinski definition) is 2. The van der Waals surface area contributed by atoms with E-state index in [9.17, 15) is 8.42 Å². The minimum Gasteiger partial charge on any atom is -0.496 e. The Morgan fingerprint density at radius 3 is 2.46 bits per heavy atom. The van der Waals surface area contributed by atoms with Crippen LogP contribution in [0.2, 0.25) is 0 Å². The third kappa shape index (κ3) is 6.84. The number of hydrogen-bond acceptors (Lipinski definition) is 4. The van der Waals surface area contributed by atoms with E-state index in [4.69, 9.17) is 4.74 Å². The second-order valence-corrected chi connectivity index (χ2v) is 7.93. The van der Waals surface area contributed by atoms with Crippen molar-refractivity contribution in [3.63, 3.8) is 0 Å². The van der Waals surface area contributed by atoms with Gasteiger partial charge in [0, 0.05) is 31.7 Å². The predicted octanol–water partition coefficient (Wildman–Crippen LogP) is 1.73. The van der Waals surface area contributed by atoms with Crippen LogP contribution in [-0.4, -0.2) is 57.7 Å². The number of aliphatic imine (C=N–C) groups is 1. The van der Waals surface area contributed by atoms with E-state index >= 15 is 0 Å². The van der Waals surface area contributed by atoms with E-state index in [2.05, 4.69) is 15.6 Å². The number of aryl methyl sites for hydroxylation is 1. The molecule has 0 saturated heterocycles. The third-order valence-electron chi connectivity index (χ3n) is 3.95. The minimum absolute atomic E-state index is 0.0347. The van der Waals surface area contributed by atoms with Crippen molar-refractivity contribution >= 4 is 16.0 Å². The van der Waals surface area contributed by atoms with E-state index in [1.54, 1.807) is 7.11 Å². The van der Waals surface area contributed by atoms with Gasteiger partial charge in [0.05, 0.1) is 19.4 Å². The zero-order valence-electron chi connectivity index (χ0n) is 16.5. The summed E-state index contributed by atoms with van der Waals surface area (Å²) in [5.74, 6) is 1.42. The molecule has 1 rings (SSSR count). The monoisotopic (exact) mass is 384 g/mol. The lowest BCUT2D eigenvalue weighted by Crippen LogP contribution is -2.42. The molecule has 0 aromatic heterocycles. The number of ether oxygens (including phenoxy) is 1. The highest BCUT2D eigenvalue weighted by Gasteiger charge is 2.18. The molecule has 0 unspecified atom stereocenters. The van der Waals surface area contributed by atoms with Gasteiger partial charge < -0.3 is 15.4 Å². The van der Waals surface area contributed by atoms with E-state index in [-0.39, 0.29) is 5.75 Å². The summed E-state index contributed by atoms with van der Waals surface area (Å²) in [6.07, 6.45) is 0. The van der Waals surface area contributed by atoms with Crippen LogP contribution in [0.1, 0.15) is 31.9 Å². The summed E-state index contributed by atoms with van der Waals surface area (Å²) in [6, 6.07) is 5.98. The maximum Gasteiger partial charge on any atom is 0.215 e. The first-order valence-electron chi connectivity index (χ1n) is 9.01. The summed E-state index contributed by atoms with van der Waals surface area (Å²) in [7, 11) is -1.61. The largest absolute Gasteiger partial charge is 0.496 e. The smallest absolute Gasteiger partial charge is 0.215 e. The molecule has 0 radical (unpaired) electrons. The quantitative estimate of drug-likeness (QED) is 0.474. The topological polar surface area (TPSA) is 83.0 Å². The molecule has 0 atom stereocenters. The lowest BCUT2D eigenvalue weighted by molar-refractivity contribution is 0.409. The van der Waals surface area contributed by atoms with E-state index < -0.39 is 10.0 Å². The van der Waals surface area contributed by atoms with Crippen molar-refractivity contribution in [2.75, 3.05) is 39.0 Å². The highest BCUT2D eigenvalue weighted by atomic mass is 32.2. The number of nitrogens with one attached hydrogen (secondary N) is 2. The molecule has 8 heteroatoms. The lowest BCUT2D eigenvalue weighted by Gasteiger charge is -2.19. The Labute approximate surface area is 157 Å². The predicted molar refractivity (Wildman–Crippen MR) is 107 cm³/mol. The van der Waals surface area contributed by atoms with Crippen LogP contribution in [0.25, 0.3) is 0 Å². The summed E-state index contributed by atoms with van der Waals surface area (Å²) >= 11 is 0. The first-order chi connectivity index (χ1) is 12.4. The number of sulfonamides is 1. The zero-order valence-corrected chi connectivity index (χ0v) is 17.3. The zero-order chi connectivity index (χ0) is 19.6. The second-order valence-electron chi connectivity index (χ2n) is 5.84. The summed E-state index contributed by atoms with van der Waals surface area (Å²) < 4.78 is 31.3. The van der Waals surface area contributed by atoms with Crippen molar-refractivity contribution < 1.29 is 13.2 Å². The molecule has 148 valence electrons. The molecular formula is C18H32N4O3S. The maximum absolute atomic E-state index is 12.2. The molecule has 0 amide bonds. The highest BCUT2D eigenvalue weighted by Crippen LogP contribution is 2.20. The summed E-state index contributed by atoms with van der Waals surface area (Å²) in [4.78, 5) is 4.53. The molecule has 1 aromatic rings. The van der Waals surface area contributed by atoms with Gasteiger partial charge in [0.15, 0.2) is 5.96 Å². The van der Waals surface area contributed by atoms with Gasteiger partial charge in [-0.25, -0.2) is 17.7 Å². The van der Waals surface area contributed by atoms with Gasteiger partial charge in [-0.1, -0.05) is 26.0 Å². The van der Waals surface area contributed by atoms with Crippen molar-refractivity contribution in [1.29, 1.82) is 0 Å². The van der Waals surface area contributed by atoms with Gasteiger partial charge in [0.1, 0.15) is 5.75 Å². The molecule has 26 heavy (non-hydrogen) atoms. The van der Waals surface area contributed by atoms with Gasteiger partial charge in [0.25, 0.3) is 0 Å². The molecule has 0 bridgehead atoms. The van der Waals surface area contributed by atoms with Gasteiger partial charge in [-0.15, -0.1) is 0 Å². The number of nitrogens with zero attached hydrogens (tertiary/aromatic N) is 2. The summed E-state index contributed by atoms with van der Waals surface area (Å²) in [5.41, 5.74) is 2.10. The molecular weight excluding hydrogens is 352 g/mol. The Morgan fingerprint density at radius 2 is 1.88 bits per heavy atom. The van der Waals surface area contributed by atoms with Gasteiger partial charge in [-0.3, -0.25) is 0 Å². The van der Waals surface area contributed by atoms with Crippen molar-refractivity contribution in [1.82, 2.24) is 14.9 Å². The average Bonchev–Trinajstić information content (AvgIpc) is 2.60. The van der Waals surface area contributed by atoms with Gasteiger partial charge in [-0.05, 0) is 25.5 Å². The molecule has 0 aliphatic rings. The molecule has 0 fully saturated rings. The average molecular weight is 385 g/mol. The second kappa shape index (κ2) is 11.0. The van der Waals surface area contributed by atoms with Crippen molar-refractivity contribution in [3.05, 3.63) is 29.3 Å². The van der Waals surface area contributed by atoms with E-state index in [1.807, 2.05) is 45.9 Å². The van der Waals surface area contributed by atoms with E-state index in [0.29, 0.717) is 38.7 Å². The standard InChI is InChI=1S/C18H32N4O3S/c1-6-19-18(20-11-12-26(23,24)22(7-2)8-3)21-14-16-10-9-15(4)13-17(16)25-5/h9-10,13H,6-8,11-12,14H2,1-5H3,(H2,19,20,21). The van der Waals surface area contributed by atoms with Crippen LogP contribution in [0.3, 0.4) is 0 Å². The molecule has 1 aromatic carbocycles. The summed E-state index contributed by atoms with van der Waals surface area (Å²) in [5, 5.41) is 6.23. The molecule has 0 aliphatic heterocycles. The van der Waals surface area contributed by atoms with Crippen molar-refractivity contribution in [2.45, 2.75) is 34.2 Å². The highest BCUT2D eigenvalue weighted by molar-refractivity contribution is 7.89. The lowest BCUT2D eigenvalue weighted by atomic mass is 10.1. The Hall–Kier alpha value is -1.80. The van der Waals surface area contributed by atoms with Crippen LogP contribution in [0.5, 0.6) is 5.75 Å². The summed E-state index contributed by atoms with van der Waals surface area (Å²) in [6.45, 7) is 10.1. The van der Waals surface area contributed by atoms with E-state index in [1.165, 1.54) is 4.31 Å². The number of methoxy groups -OCH3 is 1. The first-order valence-corrected chi connectivity index (χ1v) is 10.6. The fraction of sp³-hybridized carbons (Fsp3) is 0.611. The first kappa shape index (κ1) is 22.2. The number of benzene rings is 1.